The fourth-order valence-corrected chi connectivity index (χ4v) is 2.54. The predicted octanol–water partition coefficient (Wildman–Crippen LogP) is 2.83. The molecule has 0 spiro atoms. The van der Waals surface area contributed by atoms with Gasteiger partial charge in [-0.15, -0.1) is 5.10 Å². The molecule has 1 amide bonds. The van der Waals surface area contributed by atoms with Crippen LogP contribution in [-0.4, -0.2) is 32.7 Å². The third-order valence-electron chi connectivity index (χ3n) is 3.40. The maximum atomic E-state index is 13.7. The predicted molar refractivity (Wildman–Crippen MR) is 95.5 cm³/mol. The monoisotopic (exact) mass is 404 g/mol. The molecule has 0 saturated carbocycles. The summed E-state index contributed by atoms with van der Waals surface area (Å²) in [6.45, 7) is -0.00395. The zero-order valence-corrected chi connectivity index (χ0v) is 14.8. The van der Waals surface area contributed by atoms with E-state index in [1.165, 1.54) is 12.1 Å². The van der Waals surface area contributed by atoms with Gasteiger partial charge in [-0.1, -0.05) is 28.1 Å². The number of halogens is 2. The highest BCUT2D eigenvalue weighted by molar-refractivity contribution is 9.10. The van der Waals surface area contributed by atoms with Gasteiger partial charge in [0.1, 0.15) is 5.82 Å². The number of carbonyl (C=O) groups is 1. The molecular formula is C16H14BrFN6O. The number of nitrogens with one attached hydrogen (secondary N) is 2. The van der Waals surface area contributed by atoms with E-state index in [0.29, 0.717) is 10.3 Å². The number of tetrazole rings is 1. The van der Waals surface area contributed by atoms with Crippen molar-refractivity contribution in [1.29, 1.82) is 0 Å². The van der Waals surface area contributed by atoms with Crippen molar-refractivity contribution in [2.45, 2.75) is 0 Å². The lowest BCUT2D eigenvalue weighted by Crippen LogP contribution is -2.22. The Labute approximate surface area is 151 Å². The molecule has 1 aromatic heterocycles. The Morgan fingerprint density at radius 1 is 1.28 bits per heavy atom. The van der Waals surface area contributed by atoms with Gasteiger partial charge in [-0.25, -0.2) is 9.07 Å². The molecule has 0 bridgehead atoms. The van der Waals surface area contributed by atoms with Crippen LogP contribution < -0.4 is 10.6 Å². The van der Waals surface area contributed by atoms with Crippen molar-refractivity contribution in [3.63, 3.8) is 0 Å². The first kappa shape index (κ1) is 17.0. The highest BCUT2D eigenvalue weighted by Crippen LogP contribution is 2.20. The van der Waals surface area contributed by atoms with E-state index in [1.807, 2.05) is 24.3 Å². The van der Waals surface area contributed by atoms with Crippen molar-refractivity contribution >= 4 is 33.2 Å². The molecule has 7 nitrogen and oxygen atoms in total. The Bertz CT molecular complexity index is 913. The van der Waals surface area contributed by atoms with Gasteiger partial charge in [-0.3, -0.25) is 4.79 Å². The van der Waals surface area contributed by atoms with Gasteiger partial charge >= 0.3 is 0 Å². The number of rotatable bonds is 5. The molecule has 2 N–H and O–H groups in total. The number of aryl methyl sites for hydroxylation is 1. The highest BCUT2D eigenvalue weighted by atomic mass is 79.9. The summed E-state index contributed by atoms with van der Waals surface area (Å²) in [6.07, 6.45) is 0. The van der Waals surface area contributed by atoms with Crippen LogP contribution in [-0.2, 0) is 11.8 Å². The lowest BCUT2D eigenvalue weighted by molar-refractivity contribution is -0.114. The molecule has 128 valence electrons. The van der Waals surface area contributed by atoms with Gasteiger partial charge in [0, 0.05) is 22.8 Å². The summed E-state index contributed by atoms with van der Waals surface area (Å²) in [4.78, 5) is 12.0. The number of benzene rings is 2. The van der Waals surface area contributed by atoms with E-state index < -0.39 is 5.82 Å². The fraction of sp³-hybridized carbons (Fsp3) is 0.125. The molecule has 0 aliphatic rings. The van der Waals surface area contributed by atoms with Crippen LogP contribution in [0.3, 0.4) is 0 Å². The van der Waals surface area contributed by atoms with Crippen LogP contribution in [0.5, 0.6) is 0 Å². The van der Waals surface area contributed by atoms with E-state index in [9.17, 15) is 9.18 Å². The minimum atomic E-state index is -0.500. The smallest absolute Gasteiger partial charge is 0.243 e. The van der Waals surface area contributed by atoms with Crippen molar-refractivity contribution in [2.75, 3.05) is 17.2 Å². The second-order valence-electron chi connectivity index (χ2n) is 5.23. The van der Waals surface area contributed by atoms with Crippen LogP contribution in [0.25, 0.3) is 11.4 Å². The van der Waals surface area contributed by atoms with Crippen molar-refractivity contribution < 1.29 is 9.18 Å². The number of hydrogen-bond donors (Lipinski definition) is 2. The summed E-state index contributed by atoms with van der Waals surface area (Å²) in [5.74, 6) is -0.239. The lowest BCUT2D eigenvalue weighted by atomic mass is 10.2. The van der Waals surface area contributed by atoms with Gasteiger partial charge in [0.2, 0.25) is 5.91 Å². The molecule has 25 heavy (non-hydrogen) atoms. The minimum Gasteiger partial charge on any atom is -0.376 e. The summed E-state index contributed by atoms with van der Waals surface area (Å²) in [5.41, 5.74) is 1.68. The standard InChI is InChI=1S/C16H14BrFN6O/c1-24-16(21-22-23-24)10-3-2-4-12(7-10)19-9-15(25)20-14-6-5-11(17)8-13(14)18/h2-8,19H,9H2,1H3,(H,20,25). The van der Waals surface area contributed by atoms with Gasteiger partial charge < -0.3 is 10.6 Å². The summed E-state index contributed by atoms with van der Waals surface area (Å²) in [7, 11) is 1.75. The SMILES string of the molecule is Cn1nnnc1-c1cccc(NCC(=O)Nc2ccc(Br)cc2F)c1. The number of amides is 1. The zero-order chi connectivity index (χ0) is 17.8. The Hall–Kier alpha value is -2.81. The van der Waals surface area contributed by atoms with E-state index in [0.717, 1.165) is 11.3 Å². The molecule has 0 saturated heterocycles. The van der Waals surface area contributed by atoms with Gasteiger partial charge in [-0.2, -0.15) is 0 Å². The topological polar surface area (TPSA) is 84.7 Å². The maximum absolute atomic E-state index is 13.7. The third kappa shape index (κ3) is 4.18. The summed E-state index contributed by atoms with van der Waals surface area (Å²) in [5, 5.41) is 16.9. The van der Waals surface area contributed by atoms with E-state index in [4.69, 9.17) is 0 Å². The molecule has 2 aromatic carbocycles. The van der Waals surface area contributed by atoms with Crippen molar-refractivity contribution in [1.82, 2.24) is 20.2 Å². The van der Waals surface area contributed by atoms with E-state index in [2.05, 4.69) is 42.1 Å². The molecule has 1 heterocycles. The van der Waals surface area contributed by atoms with Crippen LogP contribution in [0, 0.1) is 5.82 Å². The number of nitrogens with zero attached hydrogens (tertiary/aromatic N) is 4. The largest absolute Gasteiger partial charge is 0.376 e. The normalized spacial score (nSPS) is 10.5. The van der Waals surface area contributed by atoms with Gasteiger partial charge in [-0.05, 0) is 40.8 Å². The first-order valence-electron chi connectivity index (χ1n) is 7.34. The maximum Gasteiger partial charge on any atom is 0.243 e. The molecule has 0 unspecified atom stereocenters. The molecule has 0 radical (unpaired) electrons. The van der Waals surface area contributed by atoms with E-state index in [-0.39, 0.29) is 18.1 Å². The molecular weight excluding hydrogens is 391 g/mol. The summed E-state index contributed by atoms with van der Waals surface area (Å²) >= 11 is 3.17. The average molecular weight is 405 g/mol. The average Bonchev–Trinajstić information content (AvgIpc) is 3.02. The minimum absolute atomic E-state index is 0.00395. The van der Waals surface area contributed by atoms with Crippen LogP contribution in [0.2, 0.25) is 0 Å². The molecule has 0 atom stereocenters. The molecule has 0 aliphatic heterocycles. The number of anilines is 2. The molecule has 9 heteroatoms. The molecule has 3 rings (SSSR count). The number of carbonyl (C=O) groups excluding carboxylic acids is 1. The van der Waals surface area contributed by atoms with Crippen molar-refractivity contribution in [3.05, 3.63) is 52.8 Å². The summed E-state index contributed by atoms with van der Waals surface area (Å²) < 4.78 is 15.9. The fourth-order valence-electron chi connectivity index (χ4n) is 2.21. The second-order valence-corrected chi connectivity index (χ2v) is 6.15. The Balaban J connectivity index is 1.63. The van der Waals surface area contributed by atoms with Gasteiger partial charge in [0.15, 0.2) is 5.82 Å². The van der Waals surface area contributed by atoms with E-state index in [1.54, 1.807) is 17.8 Å². The van der Waals surface area contributed by atoms with Gasteiger partial charge in [0.25, 0.3) is 0 Å². The van der Waals surface area contributed by atoms with Crippen LogP contribution in [0.15, 0.2) is 46.9 Å². The van der Waals surface area contributed by atoms with Crippen molar-refractivity contribution in [3.8, 4) is 11.4 Å². The van der Waals surface area contributed by atoms with Crippen LogP contribution in [0.4, 0.5) is 15.8 Å². The number of hydrogen-bond acceptors (Lipinski definition) is 5. The van der Waals surface area contributed by atoms with Crippen molar-refractivity contribution in [2.24, 2.45) is 7.05 Å². The summed E-state index contributed by atoms with van der Waals surface area (Å²) in [6, 6.07) is 11.8. The molecule has 0 aliphatic carbocycles. The first-order valence-corrected chi connectivity index (χ1v) is 8.14. The first-order chi connectivity index (χ1) is 12.0. The second kappa shape index (κ2) is 7.39. The Morgan fingerprint density at radius 2 is 2.12 bits per heavy atom. The van der Waals surface area contributed by atoms with Crippen LogP contribution >= 0.6 is 15.9 Å². The zero-order valence-electron chi connectivity index (χ0n) is 13.2. The molecule has 0 fully saturated rings. The van der Waals surface area contributed by atoms with Crippen LogP contribution in [0.1, 0.15) is 0 Å². The number of aromatic nitrogens is 4. The Morgan fingerprint density at radius 3 is 2.84 bits per heavy atom. The quantitative estimate of drug-likeness (QED) is 0.682. The Kier molecular flexibility index (Phi) is 5.03. The lowest BCUT2D eigenvalue weighted by Gasteiger charge is -2.09. The highest BCUT2D eigenvalue weighted by Gasteiger charge is 2.09. The van der Waals surface area contributed by atoms with E-state index >= 15 is 0 Å². The van der Waals surface area contributed by atoms with Gasteiger partial charge in [0.05, 0.1) is 12.2 Å². The molecule has 3 aromatic rings. The third-order valence-corrected chi connectivity index (χ3v) is 3.89.